The van der Waals surface area contributed by atoms with E-state index in [0.717, 1.165) is 31.2 Å². The molecule has 0 atom stereocenters. The number of hydrogen-bond acceptors (Lipinski definition) is 3. The van der Waals surface area contributed by atoms with E-state index >= 15 is 4.39 Å². The van der Waals surface area contributed by atoms with Gasteiger partial charge in [0.05, 0.1) is 29.2 Å². The first-order valence-electron chi connectivity index (χ1n) is 11.5. The molecule has 1 aliphatic carbocycles. The molecule has 0 bridgehead atoms. The third-order valence-corrected chi connectivity index (χ3v) is 6.45. The molecule has 0 spiro atoms. The molecule has 0 radical (unpaired) electrons. The number of rotatable bonds is 4. The number of amides is 2. The van der Waals surface area contributed by atoms with Crippen molar-refractivity contribution in [3.05, 3.63) is 89.7 Å². The highest BCUT2D eigenvalue weighted by molar-refractivity contribution is 6.14. The first-order chi connectivity index (χ1) is 16.1. The number of halogens is 1. The molecule has 33 heavy (non-hydrogen) atoms. The third-order valence-electron chi connectivity index (χ3n) is 6.45. The lowest BCUT2D eigenvalue weighted by atomic mass is 9.82. The lowest BCUT2D eigenvalue weighted by Gasteiger charge is -2.27. The standard InChI is InChI=1S/C27H27FN4O/c28-23-12-7-13-24-25(23)26(20-10-5-2-6-11-20)30-31(18-19-8-3-1-4-9-19)27(33)32(24)22-16-14-21(29)15-17-22/h1,3-4,7-9,12-17,20H,2,5-6,10-11,18,29H2. The van der Waals surface area contributed by atoms with Crippen LogP contribution in [0.4, 0.5) is 26.2 Å². The van der Waals surface area contributed by atoms with Gasteiger partial charge < -0.3 is 5.73 Å². The fourth-order valence-electron chi connectivity index (χ4n) is 4.79. The van der Waals surface area contributed by atoms with Crippen LogP contribution in [0.5, 0.6) is 0 Å². The molecule has 1 saturated carbocycles. The second-order valence-electron chi connectivity index (χ2n) is 8.71. The summed E-state index contributed by atoms with van der Waals surface area (Å²) in [7, 11) is 0. The van der Waals surface area contributed by atoms with Gasteiger partial charge >= 0.3 is 6.03 Å². The number of nitrogens with two attached hydrogens (primary N) is 1. The van der Waals surface area contributed by atoms with Gasteiger partial charge in [0.25, 0.3) is 0 Å². The largest absolute Gasteiger partial charge is 0.399 e. The minimum absolute atomic E-state index is 0.117. The number of nitrogen functional groups attached to an aromatic ring is 1. The number of urea groups is 1. The Balaban J connectivity index is 1.68. The maximum Gasteiger partial charge on any atom is 0.349 e. The third kappa shape index (κ3) is 4.21. The molecule has 0 saturated heterocycles. The van der Waals surface area contributed by atoms with Gasteiger partial charge in [-0.2, -0.15) is 5.10 Å². The summed E-state index contributed by atoms with van der Waals surface area (Å²) in [6.45, 7) is 0.303. The zero-order valence-electron chi connectivity index (χ0n) is 18.5. The SMILES string of the molecule is Nc1ccc(N2C(=O)N(Cc3ccccc3)N=C(C3CCCCC3)c3c(F)cccc32)cc1. The molecule has 6 heteroatoms. The van der Waals surface area contributed by atoms with Crippen molar-refractivity contribution in [2.45, 2.75) is 38.6 Å². The Kier molecular flexibility index (Phi) is 5.82. The van der Waals surface area contributed by atoms with E-state index < -0.39 is 0 Å². The highest BCUT2D eigenvalue weighted by Gasteiger charge is 2.35. The Morgan fingerprint density at radius 2 is 1.64 bits per heavy atom. The van der Waals surface area contributed by atoms with Crippen LogP contribution in [0.15, 0.2) is 77.9 Å². The summed E-state index contributed by atoms with van der Waals surface area (Å²) in [5.41, 5.74) is 9.69. The molecule has 3 aromatic rings. The summed E-state index contributed by atoms with van der Waals surface area (Å²) in [5.74, 6) is -0.238. The Bertz CT molecular complexity index is 1170. The molecular formula is C27H27FN4O. The van der Waals surface area contributed by atoms with E-state index in [0.29, 0.717) is 34.9 Å². The lowest BCUT2D eigenvalue weighted by Crippen LogP contribution is -2.36. The Labute approximate surface area is 193 Å². The van der Waals surface area contributed by atoms with E-state index in [1.54, 1.807) is 41.3 Å². The predicted molar refractivity (Wildman–Crippen MR) is 130 cm³/mol. The van der Waals surface area contributed by atoms with Gasteiger partial charge in [0.2, 0.25) is 0 Å². The second kappa shape index (κ2) is 9.06. The molecule has 5 nitrogen and oxygen atoms in total. The summed E-state index contributed by atoms with van der Waals surface area (Å²) < 4.78 is 15.4. The van der Waals surface area contributed by atoms with Crippen LogP contribution in [0.25, 0.3) is 0 Å². The van der Waals surface area contributed by atoms with Crippen LogP contribution in [-0.4, -0.2) is 16.8 Å². The van der Waals surface area contributed by atoms with Crippen molar-refractivity contribution in [2.24, 2.45) is 11.0 Å². The number of nitrogens with zero attached hydrogens (tertiary/aromatic N) is 3. The van der Waals surface area contributed by atoms with Crippen LogP contribution in [0.3, 0.4) is 0 Å². The molecule has 0 aromatic heterocycles. The normalized spacial score (nSPS) is 16.9. The molecule has 168 valence electrons. The fraction of sp³-hybridized carbons (Fsp3) is 0.259. The summed E-state index contributed by atoms with van der Waals surface area (Å²) in [6.07, 6.45) is 5.24. The van der Waals surface area contributed by atoms with Gasteiger partial charge in [-0.1, -0.05) is 55.7 Å². The molecule has 3 aromatic carbocycles. The molecule has 2 aliphatic rings. The quantitative estimate of drug-likeness (QED) is 0.471. The smallest absolute Gasteiger partial charge is 0.349 e. The van der Waals surface area contributed by atoms with Crippen molar-refractivity contribution < 1.29 is 9.18 Å². The van der Waals surface area contributed by atoms with Crippen molar-refractivity contribution in [1.29, 1.82) is 0 Å². The number of hydrogen-bond donors (Lipinski definition) is 1. The number of carbonyl (C=O) groups excluding carboxylic acids is 1. The van der Waals surface area contributed by atoms with Crippen LogP contribution in [0, 0.1) is 11.7 Å². The number of anilines is 3. The fourth-order valence-corrected chi connectivity index (χ4v) is 4.79. The summed E-state index contributed by atoms with van der Waals surface area (Å²) in [4.78, 5) is 15.5. The number of carbonyl (C=O) groups is 1. The van der Waals surface area contributed by atoms with Gasteiger partial charge in [-0.3, -0.25) is 4.90 Å². The van der Waals surface area contributed by atoms with Crippen molar-refractivity contribution >= 4 is 28.8 Å². The first-order valence-corrected chi connectivity index (χ1v) is 11.5. The van der Waals surface area contributed by atoms with Gasteiger partial charge in [0.15, 0.2) is 0 Å². The minimum atomic E-state index is -0.355. The van der Waals surface area contributed by atoms with Crippen LogP contribution >= 0.6 is 0 Å². The molecule has 0 unspecified atom stereocenters. The monoisotopic (exact) mass is 442 g/mol. The van der Waals surface area contributed by atoms with E-state index in [1.807, 2.05) is 30.3 Å². The van der Waals surface area contributed by atoms with Gasteiger partial charge in [-0.05, 0) is 54.8 Å². The van der Waals surface area contributed by atoms with E-state index in [2.05, 4.69) is 0 Å². The Morgan fingerprint density at radius 3 is 2.36 bits per heavy atom. The van der Waals surface area contributed by atoms with Crippen molar-refractivity contribution in [2.75, 3.05) is 10.6 Å². The average molecular weight is 443 g/mol. The molecule has 1 heterocycles. The summed E-state index contributed by atoms with van der Waals surface area (Å²) >= 11 is 0. The van der Waals surface area contributed by atoms with Crippen LogP contribution < -0.4 is 10.6 Å². The minimum Gasteiger partial charge on any atom is -0.399 e. The number of fused-ring (bicyclic) bond motifs is 1. The maximum absolute atomic E-state index is 15.4. The topological polar surface area (TPSA) is 61.9 Å². The highest BCUT2D eigenvalue weighted by atomic mass is 19.1. The van der Waals surface area contributed by atoms with E-state index in [1.165, 1.54) is 17.5 Å². The number of hydrazone groups is 1. The molecule has 1 aliphatic heterocycles. The molecule has 2 amide bonds. The first kappa shape index (κ1) is 21.2. The molecular weight excluding hydrogens is 415 g/mol. The second-order valence-corrected chi connectivity index (χ2v) is 8.71. The van der Waals surface area contributed by atoms with Crippen molar-refractivity contribution in [3.63, 3.8) is 0 Å². The van der Waals surface area contributed by atoms with Crippen molar-refractivity contribution in [1.82, 2.24) is 5.01 Å². The van der Waals surface area contributed by atoms with E-state index in [4.69, 9.17) is 10.8 Å². The summed E-state index contributed by atoms with van der Waals surface area (Å²) in [6, 6.07) is 21.4. The van der Waals surface area contributed by atoms with Crippen LogP contribution in [0.1, 0.15) is 43.2 Å². The van der Waals surface area contributed by atoms with Crippen LogP contribution in [0.2, 0.25) is 0 Å². The number of benzene rings is 3. The zero-order valence-corrected chi connectivity index (χ0v) is 18.5. The zero-order chi connectivity index (χ0) is 22.8. The van der Waals surface area contributed by atoms with E-state index in [-0.39, 0.29) is 17.8 Å². The van der Waals surface area contributed by atoms with Gasteiger partial charge in [0, 0.05) is 11.6 Å². The van der Waals surface area contributed by atoms with Gasteiger partial charge in [-0.25, -0.2) is 14.2 Å². The molecule has 2 N–H and O–H groups in total. The van der Waals surface area contributed by atoms with Gasteiger partial charge in [0.1, 0.15) is 5.82 Å². The Hall–Kier alpha value is -3.67. The predicted octanol–water partition coefficient (Wildman–Crippen LogP) is 6.47. The van der Waals surface area contributed by atoms with Gasteiger partial charge in [-0.15, -0.1) is 0 Å². The van der Waals surface area contributed by atoms with Crippen molar-refractivity contribution in [3.8, 4) is 0 Å². The molecule has 1 fully saturated rings. The highest BCUT2D eigenvalue weighted by Crippen LogP contribution is 2.39. The Morgan fingerprint density at radius 1 is 0.909 bits per heavy atom. The van der Waals surface area contributed by atoms with E-state index in [9.17, 15) is 4.79 Å². The van der Waals surface area contributed by atoms with Crippen LogP contribution in [-0.2, 0) is 6.54 Å². The lowest BCUT2D eigenvalue weighted by molar-refractivity contribution is 0.207. The maximum atomic E-state index is 15.4. The summed E-state index contributed by atoms with van der Waals surface area (Å²) in [5, 5.41) is 6.35. The molecule has 5 rings (SSSR count). The average Bonchev–Trinajstić information content (AvgIpc) is 2.96.